The number of Topliss-reactive ketones (excluding diaryl/α,β-unsaturated/α-hetero) is 1. The van der Waals surface area contributed by atoms with Crippen LogP contribution in [0, 0.1) is 6.92 Å². The lowest BCUT2D eigenvalue weighted by Crippen LogP contribution is -2.21. The molecule has 1 unspecified atom stereocenters. The number of ether oxygens (including phenoxy) is 2. The SMILES string of the molecule is COc1ccc2c(c1)OC(c1cnccc1C)CC2=O. The van der Waals surface area contributed by atoms with Crippen LogP contribution in [0.2, 0.25) is 0 Å². The van der Waals surface area contributed by atoms with E-state index in [1.807, 2.05) is 13.0 Å². The van der Waals surface area contributed by atoms with Crippen molar-refractivity contribution in [3.63, 3.8) is 0 Å². The zero-order valence-corrected chi connectivity index (χ0v) is 11.4. The van der Waals surface area contributed by atoms with Gasteiger partial charge in [-0.25, -0.2) is 0 Å². The predicted molar refractivity (Wildman–Crippen MR) is 74.3 cm³/mol. The number of ketones is 1. The van der Waals surface area contributed by atoms with Crippen LogP contribution in [0.1, 0.15) is 34.0 Å². The van der Waals surface area contributed by atoms with Crippen molar-refractivity contribution in [1.82, 2.24) is 4.98 Å². The van der Waals surface area contributed by atoms with Crippen molar-refractivity contribution in [3.05, 3.63) is 53.3 Å². The monoisotopic (exact) mass is 269 g/mol. The fourth-order valence-electron chi connectivity index (χ4n) is 2.42. The Hall–Kier alpha value is -2.36. The molecule has 0 fully saturated rings. The van der Waals surface area contributed by atoms with Gasteiger partial charge in [0.1, 0.15) is 17.6 Å². The van der Waals surface area contributed by atoms with E-state index in [4.69, 9.17) is 9.47 Å². The van der Waals surface area contributed by atoms with Gasteiger partial charge in [-0.1, -0.05) is 0 Å². The summed E-state index contributed by atoms with van der Waals surface area (Å²) in [6.45, 7) is 1.99. The summed E-state index contributed by atoms with van der Waals surface area (Å²) in [5.74, 6) is 1.34. The molecule has 1 aromatic carbocycles. The van der Waals surface area contributed by atoms with Crippen LogP contribution in [0.25, 0.3) is 0 Å². The third-order valence-electron chi connectivity index (χ3n) is 3.56. The van der Waals surface area contributed by atoms with E-state index >= 15 is 0 Å². The van der Waals surface area contributed by atoms with Crippen molar-refractivity contribution in [2.45, 2.75) is 19.4 Å². The Morgan fingerprint density at radius 2 is 2.20 bits per heavy atom. The smallest absolute Gasteiger partial charge is 0.170 e. The summed E-state index contributed by atoms with van der Waals surface area (Å²) < 4.78 is 11.1. The molecule has 4 nitrogen and oxygen atoms in total. The van der Waals surface area contributed by atoms with Gasteiger partial charge in [-0.3, -0.25) is 9.78 Å². The number of nitrogens with zero attached hydrogens (tertiary/aromatic N) is 1. The first-order chi connectivity index (χ1) is 9.69. The van der Waals surface area contributed by atoms with Gasteiger partial charge in [-0.05, 0) is 30.7 Å². The molecule has 0 spiro atoms. The largest absolute Gasteiger partial charge is 0.497 e. The summed E-state index contributed by atoms with van der Waals surface area (Å²) in [6, 6.07) is 7.20. The minimum absolute atomic E-state index is 0.0853. The summed E-state index contributed by atoms with van der Waals surface area (Å²) in [5.41, 5.74) is 2.64. The van der Waals surface area contributed by atoms with E-state index in [-0.39, 0.29) is 11.9 Å². The molecule has 0 saturated heterocycles. The van der Waals surface area contributed by atoms with Crippen LogP contribution >= 0.6 is 0 Å². The molecular formula is C16H15NO3. The van der Waals surface area contributed by atoms with E-state index in [1.165, 1.54) is 0 Å². The Bertz CT molecular complexity index is 667. The maximum atomic E-state index is 12.2. The van der Waals surface area contributed by atoms with Crippen molar-refractivity contribution in [3.8, 4) is 11.5 Å². The van der Waals surface area contributed by atoms with Crippen molar-refractivity contribution in [1.29, 1.82) is 0 Å². The molecule has 1 aromatic heterocycles. The first-order valence-electron chi connectivity index (χ1n) is 6.47. The van der Waals surface area contributed by atoms with Crippen molar-refractivity contribution < 1.29 is 14.3 Å². The van der Waals surface area contributed by atoms with Gasteiger partial charge >= 0.3 is 0 Å². The Morgan fingerprint density at radius 3 is 2.95 bits per heavy atom. The summed E-state index contributed by atoms with van der Waals surface area (Å²) in [6.07, 6.45) is 3.56. The van der Waals surface area contributed by atoms with Gasteiger partial charge in [0.2, 0.25) is 0 Å². The van der Waals surface area contributed by atoms with E-state index in [2.05, 4.69) is 4.98 Å². The Balaban J connectivity index is 1.99. The van der Waals surface area contributed by atoms with Crippen molar-refractivity contribution in [2.24, 2.45) is 0 Å². The second kappa shape index (κ2) is 4.96. The fraction of sp³-hybridized carbons (Fsp3) is 0.250. The predicted octanol–water partition coefficient (Wildman–Crippen LogP) is 3.11. The molecule has 1 atom stereocenters. The number of methoxy groups -OCH3 is 1. The molecule has 102 valence electrons. The Kier molecular flexibility index (Phi) is 3.14. The number of benzene rings is 1. The maximum Gasteiger partial charge on any atom is 0.170 e. The molecule has 0 saturated carbocycles. The van der Waals surface area contributed by atoms with E-state index in [0.717, 1.165) is 11.1 Å². The molecule has 0 radical (unpaired) electrons. The number of fused-ring (bicyclic) bond motifs is 1. The highest BCUT2D eigenvalue weighted by Gasteiger charge is 2.28. The molecule has 2 aromatic rings. The normalized spacial score (nSPS) is 17.3. The molecule has 20 heavy (non-hydrogen) atoms. The second-order valence-corrected chi connectivity index (χ2v) is 4.83. The van der Waals surface area contributed by atoms with Crippen LogP contribution in [0.3, 0.4) is 0 Å². The van der Waals surface area contributed by atoms with Crippen LogP contribution in [-0.4, -0.2) is 17.9 Å². The van der Waals surface area contributed by atoms with Crippen LogP contribution in [-0.2, 0) is 0 Å². The summed E-state index contributed by atoms with van der Waals surface area (Å²) >= 11 is 0. The van der Waals surface area contributed by atoms with E-state index in [0.29, 0.717) is 23.5 Å². The van der Waals surface area contributed by atoms with Gasteiger partial charge in [0.05, 0.1) is 19.1 Å². The number of rotatable bonds is 2. The molecule has 4 heteroatoms. The van der Waals surface area contributed by atoms with Gasteiger partial charge in [0.15, 0.2) is 5.78 Å². The lowest BCUT2D eigenvalue weighted by molar-refractivity contribution is 0.0848. The van der Waals surface area contributed by atoms with Gasteiger partial charge in [-0.15, -0.1) is 0 Å². The summed E-state index contributed by atoms with van der Waals surface area (Å²) in [7, 11) is 1.59. The fourth-order valence-corrected chi connectivity index (χ4v) is 2.42. The standard InChI is InChI=1S/C16H15NO3/c1-10-5-6-17-9-13(10)16-8-14(18)12-4-3-11(19-2)7-15(12)20-16/h3-7,9,16H,8H2,1-2H3. The van der Waals surface area contributed by atoms with Crippen LogP contribution in [0.15, 0.2) is 36.7 Å². The molecule has 3 rings (SSSR count). The van der Waals surface area contributed by atoms with Crippen LogP contribution in [0.4, 0.5) is 0 Å². The number of hydrogen-bond acceptors (Lipinski definition) is 4. The topological polar surface area (TPSA) is 48.4 Å². The van der Waals surface area contributed by atoms with E-state index in [9.17, 15) is 4.79 Å². The molecule has 0 amide bonds. The molecule has 0 bridgehead atoms. The van der Waals surface area contributed by atoms with Gasteiger partial charge in [0, 0.05) is 24.0 Å². The van der Waals surface area contributed by atoms with Gasteiger partial charge in [-0.2, -0.15) is 0 Å². The van der Waals surface area contributed by atoms with E-state index in [1.54, 1.807) is 37.7 Å². The minimum atomic E-state index is -0.282. The number of aromatic nitrogens is 1. The average molecular weight is 269 g/mol. The van der Waals surface area contributed by atoms with Crippen LogP contribution < -0.4 is 9.47 Å². The first kappa shape index (κ1) is 12.7. The van der Waals surface area contributed by atoms with Crippen molar-refractivity contribution >= 4 is 5.78 Å². The second-order valence-electron chi connectivity index (χ2n) is 4.83. The van der Waals surface area contributed by atoms with Crippen molar-refractivity contribution in [2.75, 3.05) is 7.11 Å². The third-order valence-corrected chi connectivity index (χ3v) is 3.56. The number of carbonyl (C=O) groups excluding carboxylic acids is 1. The number of pyridine rings is 1. The maximum absolute atomic E-state index is 12.2. The highest BCUT2D eigenvalue weighted by atomic mass is 16.5. The number of aryl methyl sites for hydroxylation is 1. The lowest BCUT2D eigenvalue weighted by atomic mass is 9.95. The summed E-state index contributed by atoms with van der Waals surface area (Å²) in [4.78, 5) is 16.4. The minimum Gasteiger partial charge on any atom is -0.497 e. The van der Waals surface area contributed by atoms with Gasteiger partial charge < -0.3 is 9.47 Å². The van der Waals surface area contributed by atoms with Gasteiger partial charge in [0.25, 0.3) is 0 Å². The zero-order chi connectivity index (χ0) is 14.1. The molecule has 0 aliphatic carbocycles. The van der Waals surface area contributed by atoms with Crippen LogP contribution in [0.5, 0.6) is 11.5 Å². The number of hydrogen-bond donors (Lipinski definition) is 0. The zero-order valence-electron chi connectivity index (χ0n) is 11.4. The molecule has 0 N–H and O–H groups in total. The Labute approximate surface area is 117 Å². The Morgan fingerprint density at radius 1 is 1.35 bits per heavy atom. The number of carbonyl (C=O) groups is 1. The highest BCUT2D eigenvalue weighted by Crippen LogP contribution is 2.37. The average Bonchev–Trinajstić information content (AvgIpc) is 2.47. The molecule has 1 aliphatic heterocycles. The third kappa shape index (κ3) is 2.13. The molecule has 2 heterocycles. The van der Waals surface area contributed by atoms with E-state index < -0.39 is 0 Å². The molecular weight excluding hydrogens is 254 g/mol. The molecule has 1 aliphatic rings. The highest BCUT2D eigenvalue weighted by molar-refractivity contribution is 6.00. The quantitative estimate of drug-likeness (QED) is 0.840. The summed E-state index contributed by atoms with van der Waals surface area (Å²) in [5, 5.41) is 0. The first-order valence-corrected chi connectivity index (χ1v) is 6.47. The lowest BCUT2D eigenvalue weighted by Gasteiger charge is -2.26.